The molecule has 0 aliphatic heterocycles. The van der Waals surface area contributed by atoms with E-state index in [1.54, 1.807) is 7.11 Å². The Labute approximate surface area is 102 Å². The molecule has 3 nitrogen and oxygen atoms in total. The summed E-state index contributed by atoms with van der Waals surface area (Å²) in [6.45, 7) is 5.47. The van der Waals surface area contributed by atoms with Crippen LogP contribution in [-0.4, -0.2) is 44.8 Å². The maximum absolute atomic E-state index is 5.38. The highest BCUT2D eigenvalue weighted by Gasteiger charge is 2.02. The van der Waals surface area contributed by atoms with Gasteiger partial charge >= 0.3 is 0 Å². The van der Waals surface area contributed by atoms with E-state index in [1.165, 1.54) is 12.8 Å². The molecule has 0 aromatic rings. The van der Waals surface area contributed by atoms with Crippen molar-refractivity contribution in [1.29, 1.82) is 0 Å². The van der Waals surface area contributed by atoms with E-state index in [1.807, 2.05) is 0 Å². The Morgan fingerprint density at radius 3 is 2.67 bits per heavy atom. The monoisotopic (exact) mass is 281 g/mol. The summed E-state index contributed by atoms with van der Waals surface area (Å²) in [7, 11) is 1.69. The second-order valence-corrected chi connectivity index (χ2v) is 4.29. The topological polar surface area (TPSA) is 30.5 Å². The molecule has 1 atom stereocenters. The van der Waals surface area contributed by atoms with Crippen LogP contribution in [0.3, 0.4) is 0 Å². The van der Waals surface area contributed by atoms with Gasteiger partial charge < -0.3 is 14.8 Å². The number of hydrogen-bond donors (Lipinski definition) is 1. The molecule has 0 heterocycles. The van der Waals surface area contributed by atoms with Crippen LogP contribution in [0.5, 0.6) is 0 Å². The van der Waals surface area contributed by atoms with E-state index in [4.69, 9.17) is 9.47 Å². The van der Waals surface area contributed by atoms with Crippen LogP contribution < -0.4 is 5.32 Å². The maximum atomic E-state index is 5.38. The molecule has 0 aromatic carbocycles. The normalized spacial score (nSPS) is 13.0. The van der Waals surface area contributed by atoms with Gasteiger partial charge in [-0.25, -0.2) is 0 Å². The number of nitrogens with one attached hydrogen (secondary N) is 1. The van der Waals surface area contributed by atoms with E-state index in [-0.39, 0.29) is 0 Å². The number of rotatable bonds is 11. The number of alkyl halides is 1. The molecule has 1 N–H and O–H groups in total. The van der Waals surface area contributed by atoms with Gasteiger partial charge in [-0.2, -0.15) is 0 Å². The SMILES string of the molecule is CCC(CCBr)NCCCOCCOC. The average molecular weight is 282 g/mol. The van der Waals surface area contributed by atoms with Gasteiger partial charge in [0.05, 0.1) is 13.2 Å². The van der Waals surface area contributed by atoms with Gasteiger partial charge in [0, 0.05) is 25.1 Å². The second kappa shape index (κ2) is 12.4. The summed E-state index contributed by atoms with van der Waals surface area (Å²) >= 11 is 3.46. The Kier molecular flexibility index (Phi) is 12.7. The quantitative estimate of drug-likeness (QED) is 0.465. The Bertz CT molecular complexity index is 125. The molecule has 0 bridgehead atoms. The summed E-state index contributed by atoms with van der Waals surface area (Å²) in [5, 5.41) is 4.59. The summed E-state index contributed by atoms with van der Waals surface area (Å²) in [5.41, 5.74) is 0. The molecule has 0 fully saturated rings. The van der Waals surface area contributed by atoms with Crippen LogP contribution in [0.1, 0.15) is 26.2 Å². The summed E-state index contributed by atoms with van der Waals surface area (Å²) in [5.74, 6) is 0. The van der Waals surface area contributed by atoms with Gasteiger partial charge in [0.25, 0.3) is 0 Å². The fourth-order valence-corrected chi connectivity index (χ4v) is 1.86. The lowest BCUT2D eigenvalue weighted by atomic mass is 10.2. The lowest BCUT2D eigenvalue weighted by molar-refractivity contribution is 0.0692. The molecule has 0 radical (unpaired) electrons. The van der Waals surface area contributed by atoms with Crippen LogP contribution >= 0.6 is 15.9 Å². The molecular weight excluding hydrogens is 258 g/mol. The molecule has 0 saturated carbocycles. The molecule has 0 aliphatic carbocycles. The summed E-state index contributed by atoms with van der Waals surface area (Å²) in [6.07, 6.45) is 3.46. The van der Waals surface area contributed by atoms with E-state index in [0.29, 0.717) is 19.3 Å². The Morgan fingerprint density at radius 2 is 2.07 bits per heavy atom. The second-order valence-electron chi connectivity index (χ2n) is 3.50. The highest BCUT2D eigenvalue weighted by molar-refractivity contribution is 9.09. The standard InChI is InChI=1S/C11H24BrNO2/c1-3-11(5-6-12)13-7-4-8-15-10-9-14-2/h11,13H,3-10H2,1-2H3. The number of methoxy groups -OCH3 is 1. The van der Waals surface area contributed by atoms with Crippen molar-refractivity contribution in [2.45, 2.75) is 32.2 Å². The predicted octanol–water partition coefficient (Wildman–Crippen LogP) is 2.19. The smallest absolute Gasteiger partial charge is 0.0700 e. The lowest BCUT2D eigenvalue weighted by Crippen LogP contribution is -2.30. The highest BCUT2D eigenvalue weighted by Crippen LogP contribution is 2.00. The fraction of sp³-hybridized carbons (Fsp3) is 1.00. The summed E-state index contributed by atoms with van der Waals surface area (Å²) < 4.78 is 10.3. The molecular formula is C11H24BrNO2. The third kappa shape index (κ3) is 10.6. The fourth-order valence-electron chi connectivity index (χ4n) is 1.31. The first-order chi connectivity index (χ1) is 7.35. The molecule has 15 heavy (non-hydrogen) atoms. The Morgan fingerprint density at radius 1 is 1.27 bits per heavy atom. The van der Waals surface area contributed by atoms with Crippen molar-refractivity contribution in [3.05, 3.63) is 0 Å². The average Bonchev–Trinajstić information content (AvgIpc) is 2.26. The van der Waals surface area contributed by atoms with Gasteiger partial charge in [-0.3, -0.25) is 0 Å². The molecule has 0 aromatic heterocycles. The molecule has 4 heteroatoms. The van der Waals surface area contributed by atoms with Gasteiger partial charge in [0.15, 0.2) is 0 Å². The van der Waals surface area contributed by atoms with E-state index in [2.05, 4.69) is 28.2 Å². The summed E-state index contributed by atoms with van der Waals surface area (Å²) in [4.78, 5) is 0. The number of halogens is 1. The van der Waals surface area contributed by atoms with Gasteiger partial charge in [-0.1, -0.05) is 22.9 Å². The van der Waals surface area contributed by atoms with Crippen molar-refractivity contribution in [1.82, 2.24) is 5.32 Å². The van der Waals surface area contributed by atoms with E-state index >= 15 is 0 Å². The maximum Gasteiger partial charge on any atom is 0.0700 e. The van der Waals surface area contributed by atoms with E-state index in [0.717, 1.165) is 24.9 Å². The number of ether oxygens (including phenoxy) is 2. The van der Waals surface area contributed by atoms with Crippen LogP contribution in [0, 0.1) is 0 Å². The Balaban J connectivity index is 3.14. The van der Waals surface area contributed by atoms with Crippen molar-refractivity contribution in [3.63, 3.8) is 0 Å². The minimum absolute atomic E-state index is 0.642. The van der Waals surface area contributed by atoms with Crippen molar-refractivity contribution in [3.8, 4) is 0 Å². The van der Waals surface area contributed by atoms with Gasteiger partial charge in [-0.05, 0) is 25.8 Å². The van der Waals surface area contributed by atoms with Gasteiger partial charge in [-0.15, -0.1) is 0 Å². The van der Waals surface area contributed by atoms with Crippen LogP contribution in [0.15, 0.2) is 0 Å². The molecule has 0 saturated heterocycles. The third-order valence-electron chi connectivity index (χ3n) is 2.28. The Hall–Kier alpha value is 0.360. The van der Waals surface area contributed by atoms with Crippen molar-refractivity contribution in [2.75, 3.05) is 38.8 Å². The molecule has 92 valence electrons. The zero-order valence-electron chi connectivity index (χ0n) is 9.93. The van der Waals surface area contributed by atoms with Crippen LogP contribution in [0.2, 0.25) is 0 Å². The first kappa shape index (κ1) is 15.4. The van der Waals surface area contributed by atoms with Crippen molar-refractivity contribution >= 4 is 15.9 Å². The minimum atomic E-state index is 0.642. The molecule has 0 aliphatic rings. The number of hydrogen-bond acceptors (Lipinski definition) is 3. The zero-order chi connectivity index (χ0) is 11.4. The van der Waals surface area contributed by atoms with Gasteiger partial charge in [0.1, 0.15) is 0 Å². The van der Waals surface area contributed by atoms with Crippen LogP contribution in [-0.2, 0) is 9.47 Å². The van der Waals surface area contributed by atoms with E-state index in [9.17, 15) is 0 Å². The first-order valence-electron chi connectivity index (χ1n) is 5.71. The summed E-state index contributed by atoms with van der Waals surface area (Å²) in [6, 6.07) is 0.642. The van der Waals surface area contributed by atoms with Gasteiger partial charge in [0.2, 0.25) is 0 Å². The van der Waals surface area contributed by atoms with Crippen molar-refractivity contribution in [2.24, 2.45) is 0 Å². The van der Waals surface area contributed by atoms with Crippen molar-refractivity contribution < 1.29 is 9.47 Å². The minimum Gasteiger partial charge on any atom is -0.382 e. The van der Waals surface area contributed by atoms with E-state index < -0.39 is 0 Å². The van der Waals surface area contributed by atoms with Crippen LogP contribution in [0.4, 0.5) is 0 Å². The third-order valence-corrected chi connectivity index (χ3v) is 2.74. The largest absolute Gasteiger partial charge is 0.382 e. The van der Waals surface area contributed by atoms with Crippen LogP contribution in [0.25, 0.3) is 0 Å². The zero-order valence-corrected chi connectivity index (χ0v) is 11.5. The highest BCUT2D eigenvalue weighted by atomic mass is 79.9. The molecule has 0 rings (SSSR count). The lowest BCUT2D eigenvalue weighted by Gasteiger charge is -2.15. The molecule has 0 amide bonds. The molecule has 0 spiro atoms. The molecule has 1 unspecified atom stereocenters. The predicted molar refractivity (Wildman–Crippen MR) is 67.8 cm³/mol. The first-order valence-corrected chi connectivity index (χ1v) is 6.83.